The highest BCUT2D eigenvalue weighted by atomic mass is 16.5. The van der Waals surface area contributed by atoms with Crippen LogP contribution in [-0.2, 0) is 14.3 Å². The Morgan fingerprint density at radius 3 is 1.16 bits per heavy atom. The first kappa shape index (κ1) is 62.3. The quantitative estimate of drug-likeness (QED) is 0.0321. The van der Waals surface area contributed by atoms with E-state index in [9.17, 15) is 19.8 Å². The average molecular weight is 903 g/mol. The molecule has 0 aromatic rings. The van der Waals surface area contributed by atoms with Gasteiger partial charge in [0.25, 0.3) is 0 Å². The molecule has 0 bridgehead atoms. The van der Waals surface area contributed by atoms with E-state index in [4.69, 9.17) is 4.74 Å². The molecule has 0 radical (unpaired) electrons. The van der Waals surface area contributed by atoms with Gasteiger partial charge in [-0.05, 0) is 57.8 Å². The molecule has 0 spiro atoms. The highest BCUT2D eigenvalue weighted by molar-refractivity contribution is 5.76. The van der Waals surface area contributed by atoms with Crippen molar-refractivity contribution in [2.45, 2.75) is 321 Å². The van der Waals surface area contributed by atoms with Crippen LogP contribution in [0.5, 0.6) is 0 Å². The molecule has 0 aliphatic heterocycles. The minimum atomic E-state index is -0.668. The van der Waals surface area contributed by atoms with E-state index in [1.807, 2.05) is 0 Å². The van der Waals surface area contributed by atoms with Gasteiger partial charge in [-0.15, -0.1) is 0 Å². The largest absolute Gasteiger partial charge is 0.466 e. The predicted octanol–water partition coefficient (Wildman–Crippen LogP) is 17.5. The van der Waals surface area contributed by atoms with E-state index in [-0.39, 0.29) is 18.5 Å². The molecule has 2 unspecified atom stereocenters. The van der Waals surface area contributed by atoms with Crippen LogP contribution >= 0.6 is 0 Å². The van der Waals surface area contributed by atoms with E-state index in [1.165, 1.54) is 205 Å². The second-order valence-electron chi connectivity index (χ2n) is 19.7. The Labute approximate surface area is 399 Å². The molecule has 0 fully saturated rings. The lowest BCUT2D eigenvalue weighted by Gasteiger charge is -2.22. The number of esters is 1. The number of amides is 1. The number of hydrogen-bond acceptors (Lipinski definition) is 5. The predicted molar refractivity (Wildman–Crippen MR) is 278 cm³/mol. The third-order valence-electron chi connectivity index (χ3n) is 13.3. The number of carbonyl (C=O) groups excluding carboxylic acids is 2. The Morgan fingerprint density at radius 1 is 0.438 bits per heavy atom. The molecule has 3 N–H and O–H groups in total. The summed E-state index contributed by atoms with van der Waals surface area (Å²) in [7, 11) is 0. The van der Waals surface area contributed by atoms with Crippen LogP contribution in [0.2, 0.25) is 0 Å². The van der Waals surface area contributed by atoms with Crippen LogP contribution in [0.3, 0.4) is 0 Å². The number of carbonyl (C=O) groups is 2. The Bertz CT molecular complexity index is 997. The molecule has 6 heteroatoms. The van der Waals surface area contributed by atoms with Crippen molar-refractivity contribution in [2.75, 3.05) is 13.2 Å². The molecule has 0 heterocycles. The summed E-state index contributed by atoms with van der Waals surface area (Å²) in [6.45, 7) is 4.90. The van der Waals surface area contributed by atoms with Crippen LogP contribution in [-0.4, -0.2) is 47.4 Å². The highest BCUT2D eigenvalue weighted by Gasteiger charge is 2.20. The van der Waals surface area contributed by atoms with Crippen molar-refractivity contribution in [1.82, 2.24) is 5.32 Å². The maximum atomic E-state index is 12.4. The first-order valence-corrected chi connectivity index (χ1v) is 28.6. The fourth-order valence-electron chi connectivity index (χ4n) is 8.87. The van der Waals surface area contributed by atoms with Crippen LogP contribution in [0.15, 0.2) is 24.3 Å². The molecular weight excluding hydrogens is 791 g/mol. The molecule has 378 valence electrons. The van der Waals surface area contributed by atoms with Gasteiger partial charge in [0.1, 0.15) is 0 Å². The van der Waals surface area contributed by atoms with Gasteiger partial charge in [0.2, 0.25) is 5.91 Å². The number of hydrogen-bond donors (Lipinski definition) is 3. The highest BCUT2D eigenvalue weighted by Crippen LogP contribution is 2.17. The second kappa shape index (κ2) is 54.0. The molecule has 64 heavy (non-hydrogen) atoms. The van der Waals surface area contributed by atoms with Crippen LogP contribution in [0.25, 0.3) is 0 Å². The monoisotopic (exact) mass is 902 g/mol. The molecule has 0 saturated heterocycles. The number of ether oxygens (including phenoxy) is 1. The number of nitrogens with one attached hydrogen (secondary N) is 1. The SMILES string of the molecule is CCCCCCCCCCCCCCCCCCCCCC(=O)OCCCCC/C=C\C=C/CCCCCCCCCCCCC(=O)NC(CO)C(O)CCCCCCCCCCC. The van der Waals surface area contributed by atoms with Crippen molar-refractivity contribution in [2.24, 2.45) is 0 Å². The molecule has 0 aromatic carbocycles. The topological polar surface area (TPSA) is 95.9 Å². The van der Waals surface area contributed by atoms with Crippen LogP contribution in [0.4, 0.5) is 0 Å². The standard InChI is InChI=1S/C58H111NO5/c1-3-5-7-9-11-13-14-15-16-17-19-23-26-29-32-36-40-44-48-52-58(63)64-53-49-45-41-37-33-30-27-24-21-18-20-22-25-28-31-35-39-43-47-51-57(62)59-55(54-60)56(61)50-46-42-38-34-12-10-8-6-4-2/h24,27,30,33,55-56,60-61H,3-23,25-26,28-29,31-32,34-54H2,1-2H3,(H,59,62)/b27-24-,33-30-. The summed E-state index contributed by atoms with van der Waals surface area (Å²) in [4.78, 5) is 24.5. The Kier molecular flexibility index (Phi) is 52.6. The normalized spacial score (nSPS) is 12.8. The summed E-state index contributed by atoms with van der Waals surface area (Å²) in [5.41, 5.74) is 0. The van der Waals surface area contributed by atoms with Crippen molar-refractivity contribution >= 4 is 11.9 Å². The van der Waals surface area contributed by atoms with E-state index in [1.54, 1.807) is 0 Å². The van der Waals surface area contributed by atoms with E-state index in [2.05, 4.69) is 43.5 Å². The molecule has 0 saturated carbocycles. The number of unbranched alkanes of at least 4 members (excludes halogenated alkanes) is 39. The third kappa shape index (κ3) is 49.8. The third-order valence-corrected chi connectivity index (χ3v) is 13.3. The minimum absolute atomic E-state index is 0.00869. The summed E-state index contributed by atoms with van der Waals surface area (Å²) in [5.74, 6) is -0.0556. The van der Waals surface area contributed by atoms with E-state index >= 15 is 0 Å². The first-order chi connectivity index (χ1) is 31.5. The number of aliphatic hydroxyl groups is 2. The minimum Gasteiger partial charge on any atom is -0.466 e. The number of aliphatic hydroxyl groups excluding tert-OH is 2. The van der Waals surface area contributed by atoms with E-state index < -0.39 is 12.1 Å². The molecular formula is C58H111NO5. The molecule has 1 amide bonds. The van der Waals surface area contributed by atoms with E-state index in [0.29, 0.717) is 25.9 Å². The zero-order valence-corrected chi connectivity index (χ0v) is 43.0. The molecule has 0 aromatic heterocycles. The van der Waals surface area contributed by atoms with Gasteiger partial charge in [-0.3, -0.25) is 9.59 Å². The molecule has 0 rings (SSSR count). The van der Waals surface area contributed by atoms with Gasteiger partial charge in [-0.2, -0.15) is 0 Å². The first-order valence-electron chi connectivity index (χ1n) is 28.6. The lowest BCUT2D eigenvalue weighted by Crippen LogP contribution is -2.45. The lowest BCUT2D eigenvalue weighted by molar-refractivity contribution is -0.143. The average Bonchev–Trinajstić information content (AvgIpc) is 3.29. The van der Waals surface area contributed by atoms with Gasteiger partial charge < -0.3 is 20.3 Å². The maximum Gasteiger partial charge on any atom is 0.305 e. The van der Waals surface area contributed by atoms with Crippen LogP contribution in [0, 0.1) is 0 Å². The summed E-state index contributed by atoms with van der Waals surface area (Å²) >= 11 is 0. The molecule has 6 nitrogen and oxygen atoms in total. The van der Waals surface area contributed by atoms with Crippen LogP contribution < -0.4 is 5.32 Å². The number of rotatable bonds is 53. The van der Waals surface area contributed by atoms with Gasteiger partial charge in [-0.1, -0.05) is 263 Å². The summed E-state index contributed by atoms with van der Waals surface area (Å²) in [6.07, 6.45) is 64.7. The van der Waals surface area contributed by atoms with Gasteiger partial charge in [0.05, 0.1) is 25.4 Å². The summed E-state index contributed by atoms with van der Waals surface area (Å²) in [5, 5.41) is 23.1. The smallest absolute Gasteiger partial charge is 0.305 e. The van der Waals surface area contributed by atoms with Crippen molar-refractivity contribution in [3.63, 3.8) is 0 Å². The van der Waals surface area contributed by atoms with Gasteiger partial charge in [0, 0.05) is 12.8 Å². The Hall–Kier alpha value is -1.66. The van der Waals surface area contributed by atoms with Crippen molar-refractivity contribution in [1.29, 1.82) is 0 Å². The Balaban J connectivity index is 3.42. The fourth-order valence-corrected chi connectivity index (χ4v) is 8.87. The van der Waals surface area contributed by atoms with Crippen molar-refractivity contribution in [3.8, 4) is 0 Å². The number of allylic oxidation sites excluding steroid dienone is 4. The molecule has 2 atom stereocenters. The second-order valence-corrected chi connectivity index (χ2v) is 19.7. The van der Waals surface area contributed by atoms with Gasteiger partial charge >= 0.3 is 5.97 Å². The fraction of sp³-hybridized carbons (Fsp3) is 0.897. The zero-order valence-electron chi connectivity index (χ0n) is 43.0. The molecule has 0 aliphatic rings. The van der Waals surface area contributed by atoms with Gasteiger partial charge in [-0.25, -0.2) is 0 Å². The zero-order chi connectivity index (χ0) is 46.5. The lowest BCUT2D eigenvalue weighted by atomic mass is 10.0. The van der Waals surface area contributed by atoms with Crippen molar-refractivity contribution in [3.05, 3.63) is 24.3 Å². The molecule has 0 aliphatic carbocycles. The summed E-state index contributed by atoms with van der Waals surface area (Å²) in [6, 6.07) is -0.547. The Morgan fingerprint density at radius 2 is 0.766 bits per heavy atom. The van der Waals surface area contributed by atoms with E-state index in [0.717, 1.165) is 70.6 Å². The van der Waals surface area contributed by atoms with Crippen molar-refractivity contribution < 1.29 is 24.5 Å². The van der Waals surface area contributed by atoms with Crippen LogP contribution in [0.1, 0.15) is 309 Å². The van der Waals surface area contributed by atoms with Gasteiger partial charge in [0.15, 0.2) is 0 Å². The maximum absolute atomic E-state index is 12.4. The summed E-state index contributed by atoms with van der Waals surface area (Å²) < 4.78 is 5.47.